The molecular weight excluding hydrogens is 210 g/mol. The van der Waals surface area contributed by atoms with Crippen molar-refractivity contribution in [3.63, 3.8) is 0 Å². The number of aromatic hydroxyl groups is 1. The predicted molar refractivity (Wildman–Crippen MR) is 71.2 cm³/mol. The molecule has 0 spiro atoms. The number of phenols is 1. The minimum atomic E-state index is 0.231. The van der Waals surface area contributed by atoms with E-state index in [9.17, 15) is 5.11 Å². The molecule has 0 aliphatic heterocycles. The molecule has 1 aliphatic carbocycles. The second-order valence-electron chi connectivity index (χ2n) is 5.32. The molecule has 94 valence electrons. The first-order valence-electron chi connectivity index (χ1n) is 6.69. The summed E-state index contributed by atoms with van der Waals surface area (Å²) in [6, 6.07) is 6.03. The van der Waals surface area contributed by atoms with Gasteiger partial charge in [-0.2, -0.15) is 0 Å². The molecule has 0 bridgehead atoms. The number of aryl methyl sites for hydroxylation is 1. The second-order valence-corrected chi connectivity index (χ2v) is 5.32. The van der Waals surface area contributed by atoms with Crippen molar-refractivity contribution in [3.05, 3.63) is 29.3 Å². The molecule has 1 aromatic rings. The first kappa shape index (κ1) is 12.4. The van der Waals surface area contributed by atoms with E-state index in [4.69, 9.17) is 0 Å². The summed E-state index contributed by atoms with van der Waals surface area (Å²) in [4.78, 5) is 0. The molecule has 1 unspecified atom stereocenters. The molecule has 1 aliphatic rings. The lowest BCUT2D eigenvalue weighted by molar-refractivity contribution is 0.288. The van der Waals surface area contributed by atoms with E-state index in [0.29, 0.717) is 5.75 Å². The van der Waals surface area contributed by atoms with Crippen molar-refractivity contribution >= 4 is 0 Å². The Bertz CT molecular complexity index is 371. The fourth-order valence-corrected chi connectivity index (χ4v) is 2.42. The maximum atomic E-state index is 9.83. The fraction of sp³-hybridized carbons (Fsp3) is 0.600. The van der Waals surface area contributed by atoms with Gasteiger partial charge in [0.2, 0.25) is 0 Å². The summed E-state index contributed by atoms with van der Waals surface area (Å²) in [7, 11) is 0. The Hall–Kier alpha value is -1.02. The van der Waals surface area contributed by atoms with Crippen LogP contribution in [-0.2, 0) is 0 Å². The third-order valence-corrected chi connectivity index (χ3v) is 3.88. The summed E-state index contributed by atoms with van der Waals surface area (Å²) in [5.41, 5.74) is 2.21. The predicted octanol–water partition coefficient (Wildman–Crippen LogP) is 3.54. The van der Waals surface area contributed by atoms with Crippen molar-refractivity contribution in [1.82, 2.24) is 5.32 Å². The quantitative estimate of drug-likeness (QED) is 0.815. The topological polar surface area (TPSA) is 32.3 Å². The Balaban J connectivity index is 1.85. The summed E-state index contributed by atoms with van der Waals surface area (Å²) in [5.74, 6) is 1.35. The van der Waals surface area contributed by atoms with Crippen LogP contribution in [0, 0.1) is 12.8 Å². The first-order chi connectivity index (χ1) is 8.16. The van der Waals surface area contributed by atoms with Crippen LogP contribution in [0.4, 0.5) is 0 Å². The van der Waals surface area contributed by atoms with Crippen LogP contribution in [0.5, 0.6) is 5.75 Å². The molecule has 0 heterocycles. The van der Waals surface area contributed by atoms with E-state index in [1.54, 1.807) is 6.07 Å². The smallest absolute Gasteiger partial charge is 0.120 e. The summed E-state index contributed by atoms with van der Waals surface area (Å²) in [6.07, 6.45) is 5.51. The van der Waals surface area contributed by atoms with Crippen LogP contribution < -0.4 is 5.32 Å². The van der Waals surface area contributed by atoms with Gasteiger partial charge in [-0.25, -0.2) is 0 Å². The zero-order chi connectivity index (χ0) is 12.3. The number of rotatable bonds is 5. The standard InChI is InChI=1S/C15H23NO/c1-11-6-7-15(17)14(10-11)12(2)16-9-8-13-4-3-5-13/h6-7,10,12-13,16-17H,3-5,8-9H2,1-2H3. The molecule has 1 atom stereocenters. The van der Waals surface area contributed by atoms with Crippen LogP contribution in [0.15, 0.2) is 18.2 Å². The molecule has 0 radical (unpaired) electrons. The number of phenolic OH excluding ortho intramolecular Hbond substituents is 1. The molecule has 0 amide bonds. The second kappa shape index (κ2) is 5.54. The van der Waals surface area contributed by atoms with E-state index in [1.807, 2.05) is 6.07 Å². The van der Waals surface area contributed by atoms with E-state index in [-0.39, 0.29) is 6.04 Å². The van der Waals surface area contributed by atoms with Crippen molar-refractivity contribution in [2.45, 2.75) is 45.6 Å². The van der Waals surface area contributed by atoms with E-state index in [2.05, 4.69) is 25.2 Å². The molecule has 0 saturated heterocycles. The van der Waals surface area contributed by atoms with Crippen molar-refractivity contribution in [2.75, 3.05) is 6.54 Å². The maximum Gasteiger partial charge on any atom is 0.120 e. The van der Waals surface area contributed by atoms with E-state index < -0.39 is 0 Å². The van der Waals surface area contributed by atoms with Gasteiger partial charge >= 0.3 is 0 Å². The molecule has 1 fully saturated rings. The molecule has 2 nitrogen and oxygen atoms in total. The molecular formula is C15H23NO. The van der Waals surface area contributed by atoms with Gasteiger partial charge in [-0.3, -0.25) is 0 Å². The Morgan fingerprint density at radius 1 is 1.41 bits per heavy atom. The van der Waals surface area contributed by atoms with E-state index >= 15 is 0 Å². The fourth-order valence-electron chi connectivity index (χ4n) is 2.42. The van der Waals surface area contributed by atoms with Crippen LogP contribution in [0.25, 0.3) is 0 Å². The highest BCUT2D eigenvalue weighted by Crippen LogP contribution is 2.29. The first-order valence-corrected chi connectivity index (χ1v) is 6.69. The molecule has 2 rings (SSSR count). The number of nitrogens with one attached hydrogen (secondary N) is 1. The van der Waals surface area contributed by atoms with Crippen LogP contribution in [0.1, 0.15) is 49.8 Å². The average Bonchev–Trinajstić information content (AvgIpc) is 2.25. The molecule has 2 heteroatoms. The van der Waals surface area contributed by atoms with Crippen LogP contribution in [-0.4, -0.2) is 11.7 Å². The van der Waals surface area contributed by atoms with Gasteiger partial charge in [0.1, 0.15) is 5.75 Å². The molecule has 17 heavy (non-hydrogen) atoms. The van der Waals surface area contributed by atoms with E-state index in [0.717, 1.165) is 18.0 Å². The molecule has 0 aromatic heterocycles. The monoisotopic (exact) mass is 233 g/mol. The van der Waals surface area contributed by atoms with Gasteiger partial charge in [0.15, 0.2) is 0 Å². The highest BCUT2D eigenvalue weighted by molar-refractivity contribution is 5.37. The minimum absolute atomic E-state index is 0.231. The number of hydrogen-bond donors (Lipinski definition) is 2. The van der Waals surface area contributed by atoms with Crippen molar-refractivity contribution in [1.29, 1.82) is 0 Å². The van der Waals surface area contributed by atoms with Gasteiger partial charge in [0, 0.05) is 11.6 Å². The SMILES string of the molecule is Cc1ccc(O)c(C(C)NCCC2CCC2)c1. The zero-order valence-electron chi connectivity index (χ0n) is 10.9. The van der Waals surface area contributed by atoms with Gasteiger partial charge in [0.05, 0.1) is 0 Å². The normalized spacial score (nSPS) is 17.8. The molecule has 1 aromatic carbocycles. The van der Waals surface area contributed by atoms with Crippen LogP contribution >= 0.6 is 0 Å². The van der Waals surface area contributed by atoms with Gasteiger partial charge < -0.3 is 10.4 Å². The van der Waals surface area contributed by atoms with E-state index in [1.165, 1.54) is 31.2 Å². The lowest BCUT2D eigenvalue weighted by atomic mass is 9.83. The highest BCUT2D eigenvalue weighted by atomic mass is 16.3. The Labute approximate surface area is 104 Å². The van der Waals surface area contributed by atoms with Crippen molar-refractivity contribution in [2.24, 2.45) is 5.92 Å². The zero-order valence-corrected chi connectivity index (χ0v) is 10.9. The highest BCUT2D eigenvalue weighted by Gasteiger charge is 2.17. The van der Waals surface area contributed by atoms with Gasteiger partial charge in [0.25, 0.3) is 0 Å². The third kappa shape index (κ3) is 3.22. The summed E-state index contributed by atoms with van der Waals surface area (Å²) in [5, 5.41) is 13.3. The Morgan fingerprint density at radius 2 is 2.18 bits per heavy atom. The molecule has 1 saturated carbocycles. The van der Waals surface area contributed by atoms with Gasteiger partial charge in [-0.05, 0) is 38.8 Å². The largest absolute Gasteiger partial charge is 0.508 e. The lowest BCUT2D eigenvalue weighted by Crippen LogP contribution is -2.24. The number of hydrogen-bond acceptors (Lipinski definition) is 2. The minimum Gasteiger partial charge on any atom is -0.508 e. The third-order valence-electron chi connectivity index (χ3n) is 3.88. The van der Waals surface area contributed by atoms with Crippen molar-refractivity contribution in [3.8, 4) is 5.75 Å². The van der Waals surface area contributed by atoms with Crippen molar-refractivity contribution < 1.29 is 5.11 Å². The Kier molecular flexibility index (Phi) is 4.06. The summed E-state index contributed by atoms with van der Waals surface area (Å²) in [6.45, 7) is 5.23. The van der Waals surface area contributed by atoms with Gasteiger partial charge in [-0.1, -0.05) is 37.0 Å². The van der Waals surface area contributed by atoms with Gasteiger partial charge in [-0.15, -0.1) is 0 Å². The average molecular weight is 233 g/mol. The summed E-state index contributed by atoms with van der Waals surface area (Å²) >= 11 is 0. The maximum absolute atomic E-state index is 9.83. The lowest BCUT2D eigenvalue weighted by Gasteiger charge is -2.26. The van der Waals surface area contributed by atoms with Crippen LogP contribution in [0.3, 0.4) is 0 Å². The number of benzene rings is 1. The van der Waals surface area contributed by atoms with Crippen LogP contribution in [0.2, 0.25) is 0 Å². The summed E-state index contributed by atoms with van der Waals surface area (Å²) < 4.78 is 0. The Morgan fingerprint density at radius 3 is 2.82 bits per heavy atom. The molecule has 2 N–H and O–H groups in total.